The van der Waals surface area contributed by atoms with Crippen LogP contribution < -0.4 is 14.2 Å². The van der Waals surface area contributed by atoms with Gasteiger partial charge in [0.15, 0.2) is 17.3 Å². The molecule has 0 N–H and O–H groups in total. The lowest BCUT2D eigenvalue weighted by Crippen LogP contribution is -2.31. The van der Waals surface area contributed by atoms with Crippen LogP contribution in [0.2, 0.25) is 0 Å². The maximum atomic E-state index is 12.2. The zero-order valence-electron chi connectivity index (χ0n) is 29.9. The molecule has 12 heteroatoms. The number of para-hydroxylation sites is 1. The van der Waals surface area contributed by atoms with Crippen molar-refractivity contribution in [3.63, 3.8) is 0 Å². The van der Waals surface area contributed by atoms with E-state index in [0.717, 1.165) is 96.8 Å². The van der Waals surface area contributed by atoms with Crippen molar-refractivity contribution in [1.29, 1.82) is 0 Å². The molecule has 0 unspecified atom stereocenters. The Morgan fingerprint density at radius 1 is 0.510 bits per heavy atom. The predicted molar refractivity (Wildman–Crippen MR) is 210 cm³/mol. The van der Waals surface area contributed by atoms with Gasteiger partial charge in [0.25, 0.3) is 0 Å². The van der Waals surface area contributed by atoms with E-state index in [1.807, 2.05) is 72.8 Å². The summed E-state index contributed by atoms with van der Waals surface area (Å²) in [4.78, 5) is 36.3. The van der Waals surface area contributed by atoms with Gasteiger partial charge in [0.1, 0.15) is 51.8 Å². The Balaban J connectivity index is 0.000000172. The van der Waals surface area contributed by atoms with Crippen molar-refractivity contribution in [3.8, 4) is 17.2 Å². The molecule has 0 radical (unpaired) electrons. The summed E-state index contributed by atoms with van der Waals surface area (Å²) in [6.45, 7) is 4.80. The number of rotatable bonds is 12. The lowest BCUT2D eigenvalue weighted by atomic mass is 10.1. The molecule has 3 fully saturated rings. The number of hydrogen-bond donors (Lipinski definition) is 0. The summed E-state index contributed by atoms with van der Waals surface area (Å²) >= 11 is 0. The third-order valence-corrected chi connectivity index (χ3v) is 14.8. The first-order valence-electron chi connectivity index (χ1n) is 17.1. The van der Waals surface area contributed by atoms with E-state index >= 15 is 0 Å². The van der Waals surface area contributed by atoms with E-state index in [1.54, 1.807) is 21.3 Å². The highest BCUT2D eigenvalue weighted by atomic mass is 32.2. The molecule has 9 nitrogen and oxygen atoms in total. The first kappa shape index (κ1) is 40.8. The van der Waals surface area contributed by atoms with Crippen molar-refractivity contribution in [2.75, 3.05) is 113 Å². The predicted octanol–water partition coefficient (Wildman–Crippen LogP) is 4.58. The summed E-state index contributed by atoms with van der Waals surface area (Å²) in [7, 11) is 5.44. The quantitative estimate of drug-likeness (QED) is 0.194. The van der Waals surface area contributed by atoms with Crippen molar-refractivity contribution in [3.05, 3.63) is 89.5 Å². The highest BCUT2D eigenvalue weighted by Gasteiger charge is 2.28. The fourth-order valence-corrected chi connectivity index (χ4v) is 10.6. The highest BCUT2D eigenvalue weighted by molar-refractivity contribution is 7.98. The Morgan fingerprint density at radius 2 is 0.980 bits per heavy atom. The number of carbonyl (C=O) groups excluding carboxylic acids is 3. The maximum Gasteiger partial charge on any atom is 0.215 e. The van der Waals surface area contributed by atoms with Gasteiger partial charge in [-0.3, -0.25) is 14.4 Å². The second-order valence-corrected chi connectivity index (χ2v) is 18.8. The average Bonchev–Trinajstić information content (AvgIpc) is 3.19. The minimum absolute atomic E-state index is 0.184. The van der Waals surface area contributed by atoms with Crippen LogP contribution in [0, 0.1) is 0 Å². The lowest BCUT2D eigenvalue weighted by molar-refractivity contribution is 0.101. The molecule has 0 aliphatic carbocycles. The number of ether oxygens (including phenoxy) is 6. The zero-order valence-corrected chi connectivity index (χ0v) is 32.4. The molecule has 0 aromatic heterocycles. The number of methoxy groups -OCH3 is 3. The Hall–Kier alpha value is -3.00. The molecule has 3 aliphatic heterocycles. The van der Waals surface area contributed by atoms with Gasteiger partial charge in [-0.2, -0.15) is 0 Å². The summed E-state index contributed by atoms with van der Waals surface area (Å²) in [5.41, 5.74) is 2.24. The molecule has 0 bridgehead atoms. The van der Waals surface area contributed by atoms with Crippen LogP contribution in [0.4, 0.5) is 0 Å². The van der Waals surface area contributed by atoms with Gasteiger partial charge in [-0.15, -0.1) is 0 Å². The van der Waals surface area contributed by atoms with Crippen LogP contribution in [-0.2, 0) is 46.9 Å². The highest BCUT2D eigenvalue weighted by Crippen LogP contribution is 2.20. The fraction of sp³-hybridized carbons (Fsp3) is 0.462. The Labute approximate surface area is 311 Å². The minimum atomic E-state index is 0.184. The van der Waals surface area contributed by atoms with Crippen molar-refractivity contribution in [2.24, 2.45) is 0 Å². The van der Waals surface area contributed by atoms with E-state index in [1.165, 1.54) is 0 Å². The molecule has 3 aromatic carbocycles. The van der Waals surface area contributed by atoms with Gasteiger partial charge in [0, 0.05) is 43.8 Å². The van der Waals surface area contributed by atoms with Crippen LogP contribution in [0.5, 0.6) is 17.2 Å². The van der Waals surface area contributed by atoms with Crippen LogP contribution in [-0.4, -0.2) is 130 Å². The molecular weight excluding hydrogens is 709 g/mol. The first-order chi connectivity index (χ1) is 24.9. The molecule has 0 spiro atoms. The van der Waals surface area contributed by atoms with Gasteiger partial charge in [-0.25, -0.2) is 0 Å². The molecule has 276 valence electrons. The van der Waals surface area contributed by atoms with E-state index in [4.69, 9.17) is 28.4 Å². The molecule has 0 saturated carbocycles. The molecule has 3 heterocycles. The normalized spacial score (nSPS) is 16.8. The van der Waals surface area contributed by atoms with Gasteiger partial charge >= 0.3 is 0 Å². The number of carbonyl (C=O) groups is 3. The Bertz CT molecular complexity index is 1500. The van der Waals surface area contributed by atoms with E-state index in [-0.39, 0.29) is 50.0 Å². The number of Topliss-reactive ketones (excluding diaryl/α,β-unsaturated/α-hetero) is 3. The molecule has 51 heavy (non-hydrogen) atoms. The molecule has 0 atom stereocenters. The van der Waals surface area contributed by atoms with Gasteiger partial charge in [-0.05, 0) is 48.5 Å². The first-order valence-corrected chi connectivity index (χ1v) is 22.3. The summed E-state index contributed by atoms with van der Waals surface area (Å²) in [6, 6.07) is 22.2. The molecule has 3 aromatic rings. The van der Waals surface area contributed by atoms with Crippen molar-refractivity contribution < 1.29 is 42.8 Å². The second-order valence-electron chi connectivity index (χ2n) is 11.8. The van der Waals surface area contributed by atoms with Gasteiger partial charge < -0.3 is 28.4 Å². The summed E-state index contributed by atoms with van der Waals surface area (Å²) < 4.78 is 31.3. The van der Waals surface area contributed by atoms with E-state index < -0.39 is 0 Å². The van der Waals surface area contributed by atoms with Crippen molar-refractivity contribution in [2.45, 2.75) is 0 Å². The zero-order chi connectivity index (χ0) is 36.3. The SMILES string of the molecule is COc1ccc(C(=O)C[S+]2CCOCC2)cc1.COc1cccc(C(=O)C[S+]2CCOCC2)c1.COc1ccccc1C(=O)C[S+]1CCOCC1. The number of hydrogen-bond acceptors (Lipinski definition) is 9. The standard InChI is InChI=1S/3C13H17O3S/c1-15-12-4-2-11(3-5-12)13(14)10-17-8-6-16-7-9-17;1-15-12-4-2-3-11(9-12)13(14)10-17-7-5-16-6-8-17;1-15-13-5-3-2-4-11(13)12(14)10-17-8-6-16-7-9-17/h2-5H,6-10H2,1H3;2-4,9H,5-8,10H2,1H3;2-5H,6-10H2,1H3/q3*+1. The summed E-state index contributed by atoms with van der Waals surface area (Å²) in [5.74, 6) is 10.9. The van der Waals surface area contributed by atoms with E-state index in [9.17, 15) is 14.4 Å². The lowest BCUT2D eigenvalue weighted by Gasteiger charge is -2.14. The molecule has 6 rings (SSSR count). The fourth-order valence-electron chi connectivity index (χ4n) is 5.36. The van der Waals surface area contributed by atoms with Gasteiger partial charge in [0.2, 0.25) is 17.3 Å². The van der Waals surface area contributed by atoms with Crippen LogP contribution in [0.1, 0.15) is 31.1 Å². The summed E-state index contributed by atoms with van der Waals surface area (Å²) in [5, 5.41) is 0. The van der Waals surface area contributed by atoms with Crippen molar-refractivity contribution >= 4 is 50.0 Å². The van der Waals surface area contributed by atoms with E-state index in [0.29, 0.717) is 28.6 Å². The molecule has 3 saturated heterocycles. The second kappa shape index (κ2) is 22.8. The third-order valence-electron chi connectivity index (χ3n) is 8.31. The third kappa shape index (κ3) is 14.2. The minimum Gasteiger partial charge on any atom is -0.497 e. The topological polar surface area (TPSA) is 107 Å². The Kier molecular flexibility index (Phi) is 18.2. The monoisotopic (exact) mass is 759 g/mol. The molecule has 0 amide bonds. The van der Waals surface area contributed by atoms with Gasteiger partial charge in [-0.1, -0.05) is 24.3 Å². The Morgan fingerprint density at radius 3 is 1.47 bits per heavy atom. The maximum absolute atomic E-state index is 12.2. The van der Waals surface area contributed by atoms with Gasteiger partial charge in [0.05, 0.1) is 66.5 Å². The van der Waals surface area contributed by atoms with Crippen LogP contribution in [0.25, 0.3) is 0 Å². The largest absolute Gasteiger partial charge is 0.497 e. The van der Waals surface area contributed by atoms with E-state index in [2.05, 4.69) is 0 Å². The molecule has 3 aliphatic rings. The van der Waals surface area contributed by atoms with Crippen molar-refractivity contribution in [1.82, 2.24) is 0 Å². The van der Waals surface area contributed by atoms with Crippen LogP contribution in [0.15, 0.2) is 72.8 Å². The van der Waals surface area contributed by atoms with Crippen LogP contribution in [0.3, 0.4) is 0 Å². The number of ketones is 3. The smallest absolute Gasteiger partial charge is 0.215 e. The average molecular weight is 760 g/mol. The number of benzene rings is 3. The molecular formula is C39H51O9S3+3. The summed E-state index contributed by atoms with van der Waals surface area (Å²) in [6.07, 6.45) is 0. The van der Waals surface area contributed by atoms with Crippen LogP contribution >= 0.6 is 0 Å².